The van der Waals surface area contributed by atoms with E-state index in [1.54, 1.807) is 14.0 Å². The minimum absolute atomic E-state index is 0.151. The van der Waals surface area contributed by atoms with Crippen molar-refractivity contribution in [2.24, 2.45) is 11.3 Å². The van der Waals surface area contributed by atoms with Crippen LogP contribution in [0.15, 0.2) is 18.2 Å². The Balaban J connectivity index is 2.04. The van der Waals surface area contributed by atoms with Gasteiger partial charge in [0.15, 0.2) is 0 Å². The standard InChI is InChI=1S/C20H24O4/c1-5-20(22)17-9-6-13-12-14(23-3)7-8-15(13)16(17)10-11-19(20,2)18(21)24-4/h1,7-8,12,16-17,22H,6,9-11H2,2-4H3/t16-,17-,19-,20+/m0/s1. The van der Waals surface area contributed by atoms with E-state index in [1.807, 2.05) is 6.07 Å². The second-order valence-electron chi connectivity index (χ2n) is 7.09. The summed E-state index contributed by atoms with van der Waals surface area (Å²) in [4.78, 5) is 12.4. The van der Waals surface area contributed by atoms with Gasteiger partial charge in [-0.1, -0.05) is 12.0 Å². The summed E-state index contributed by atoms with van der Waals surface area (Å²) in [6.45, 7) is 1.73. The molecule has 0 aromatic heterocycles. The van der Waals surface area contributed by atoms with Crippen molar-refractivity contribution < 1.29 is 19.4 Å². The Bertz CT molecular complexity index is 704. The largest absolute Gasteiger partial charge is 0.497 e. The van der Waals surface area contributed by atoms with Crippen LogP contribution in [-0.4, -0.2) is 30.9 Å². The van der Waals surface area contributed by atoms with Gasteiger partial charge in [0.25, 0.3) is 0 Å². The van der Waals surface area contributed by atoms with Crippen molar-refractivity contribution in [1.82, 2.24) is 0 Å². The average molecular weight is 328 g/mol. The predicted octanol–water partition coefficient (Wildman–Crippen LogP) is 2.68. The van der Waals surface area contributed by atoms with E-state index < -0.39 is 17.0 Å². The minimum atomic E-state index is -1.50. The molecular formula is C20H24O4. The topological polar surface area (TPSA) is 55.8 Å². The second kappa shape index (κ2) is 5.82. The lowest BCUT2D eigenvalue weighted by Crippen LogP contribution is -2.60. The quantitative estimate of drug-likeness (QED) is 0.670. The third kappa shape index (κ3) is 2.15. The molecule has 0 heterocycles. The molecule has 0 amide bonds. The molecule has 0 radical (unpaired) electrons. The number of aryl methyl sites for hydroxylation is 1. The Labute approximate surface area is 143 Å². The fourth-order valence-corrected chi connectivity index (χ4v) is 4.67. The first-order chi connectivity index (χ1) is 11.4. The highest BCUT2D eigenvalue weighted by atomic mass is 16.5. The molecule has 0 unspecified atom stereocenters. The van der Waals surface area contributed by atoms with Crippen LogP contribution in [0.2, 0.25) is 0 Å². The first-order valence-electron chi connectivity index (χ1n) is 8.36. The number of hydrogen-bond acceptors (Lipinski definition) is 4. The molecular weight excluding hydrogens is 304 g/mol. The van der Waals surface area contributed by atoms with Gasteiger partial charge in [0.1, 0.15) is 16.8 Å². The normalized spacial score (nSPS) is 34.5. The third-order valence-corrected chi connectivity index (χ3v) is 6.15. The maximum absolute atomic E-state index is 12.4. The monoisotopic (exact) mass is 328 g/mol. The highest BCUT2D eigenvalue weighted by Gasteiger charge is 2.61. The molecule has 1 saturated carbocycles. The van der Waals surface area contributed by atoms with E-state index in [0.717, 1.165) is 25.0 Å². The van der Waals surface area contributed by atoms with Crippen molar-refractivity contribution in [3.05, 3.63) is 29.3 Å². The summed E-state index contributed by atoms with van der Waals surface area (Å²) in [6, 6.07) is 6.08. The van der Waals surface area contributed by atoms with Gasteiger partial charge >= 0.3 is 5.97 Å². The lowest BCUT2D eigenvalue weighted by Gasteiger charge is -2.53. The van der Waals surface area contributed by atoms with Crippen LogP contribution in [0.25, 0.3) is 0 Å². The zero-order valence-electron chi connectivity index (χ0n) is 14.5. The van der Waals surface area contributed by atoms with E-state index in [9.17, 15) is 9.90 Å². The number of ether oxygens (including phenoxy) is 2. The van der Waals surface area contributed by atoms with Crippen molar-refractivity contribution in [2.75, 3.05) is 14.2 Å². The fourth-order valence-electron chi connectivity index (χ4n) is 4.67. The summed E-state index contributed by atoms with van der Waals surface area (Å²) in [6.07, 6.45) is 8.63. The maximum atomic E-state index is 12.4. The number of carbonyl (C=O) groups is 1. The van der Waals surface area contributed by atoms with Gasteiger partial charge in [-0.05, 0) is 61.8 Å². The van der Waals surface area contributed by atoms with E-state index in [-0.39, 0.29) is 11.8 Å². The summed E-state index contributed by atoms with van der Waals surface area (Å²) in [5.41, 5.74) is -0.105. The molecule has 4 nitrogen and oxygen atoms in total. The molecule has 3 rings (SSSR count). The second-order valence-corrected chi connectivity index (χ2v) is 7.09. The van der Waals surface area contributed by atoms with E-state index in [2.05, 4.69) is 18.1 Å². The van der Waals surface area contributed by atoms with E-state index >= 15 is 0 Å². The number of hydrogen-bond donors (Lipinski definition) is 1. The molecule has 1 N–H and O–H groups in total. The van der Waals surface area contributed by atoms with E-state index in [4.69, 9.17) is 15.9 Å². The summed E-state index contributed by atoms with van der Waals surface area (Å²) in [5, 5.41) is 11.4. The molecule has 0 bridgehead atoms. The lowest BCUT2D eigenvalue weighted by molar-refractivity contribution is -0.179. The number of terminal acetylenes is 1. The number of methoxy groups -OCH3 is 2. The Kier molecular flexibility index (Phi) is 4.09. The first kappa shape index (κ1) is 16.9. The van der Waals surface area contributed by atoms with Crippen molar-refractivity contribution >= 4 is 5.97 Å². The molecule has 4 heteroatoms. The highest BCUT2D eigenvalue weighted by Crippen LogP contribution is 2.57. The Morgan fingerprint density at radius 2 is 2.12 bits per heavy atom. The third-order valence-electron chi connectivity index (χ3n) is 6.15. The smallest absolute Gasteiger partial charge is 0.315 e. The number of aliphatic hydroxyl groups is 1. The highest BCUT2D eigenvalue weighted by molar-refractivity contribution is 5.79. The van der Waals surface area contributed by atoms with Crippen LogP contribution in [0, 0.1) is 23.7 Å². The van der Waals surface area contributed by atoms with Crippen LogP contribution >= 0.6 is 0 Å². The van der Waals surface area contributed by atoms with Gasteiger partial charge in [0.05, 0.1) is 14.2 Å². The van der Waals surface area contributed by atoms with Crippen LogP contribution in [0.4, 0.5) is 0 Å². The summed E-state index contributed by atoms with van der Waals surface area (Å²) >= 11 is 0. The van der Waals surface area contributed by atoms with Crippen molar-refractivity contribution in [3.8, 4) is 18.1 Å². The Morgan fingerprint density at radius 3 is 2.75 bits per heavy atom. The summed E-state index contributed by atoms with van der Waals surface area (Å²) in [5.74, 6) is 2.98. The summed E-state index contributed by atoms with van der Waals surface area (Å²) < 4.78 is 10.3. The molecule has 0 aliphatic heterocycles. The first-order valence-corrected chi connectivity index (χ1v) is 8.36. The number of benzene rings is 1. The van der Waals surface area contributed by atoms with Gasteiger partial charge in [-0.25, -0.2) is 0 Å². The van der Waals surface area contributed by atoms with E-state index in [0.29, 0.717) is 6.42 Å². The number of esters is 1. The fraction of sp³-hybridized carbons (Fsp3) is 0.550. The van der Waals surface area contributed by atoms with E-state index in [1.165, 1.54) is 18.2 Å². The Morgan fingerprint density at radius 1 is 1.38 bits per heavy atom. The van der Waals surface area contributed by atoms with Crippen molar-refractivity contribution in [2.45, 2.75) is 44.1 Å². The van der Waals surface area contributed by atoms with Crippen molar-refractivity contribution in [1.29, 1.82) is 0 Å². The zero-order valence-corrected chi connectivity index (χ0v) is 14.5. The molecule has 2 aliphatic carbocycles. The van der Waals surface area contributed by atoms with Gasteiger partial charge in [-0.15, -0.1) is 6.42 Å². The molecule has 2 aliphatic rings. The van der Waals surface area contributed by atoms with Gasteiger partial charge in [0, 0.05) is 5.92 Å². The predicted molar refractivity (Wildman–Crippen MR) is 90.7 cm³/mol. The maximum Gasteiger partial charge on any atom is 0.315 e. The molecule has 0 spiro atoms. The van der Waals surface area contributed by atoms with Crippen molar-refractivity contribution in [3.63, 3.8) is 0 Å². The number of fused-ring (bicyclic) bond motifs is 3. The average Bonchev–Trinajstić information content (AvgIpc) is 2.62. The summed E-state index contributed by atoms with van der Waals surface area (Å²) in [7, 11) is 3.01. The van der Waals surface area contributed by atoms with Gasteiger partial charge < -0.3 is 14.6 Å². The number of carbonyl (C=O) groups excluding carboxylic acids is 1. The minimum Gasteiger partial charge on any atom is -0.497 e. The molecule has 1 aromatic carbocycles. The van der Waals surface area contributed by atoms with Crippen LogP contribution in [0.5, 0.6) is 5.75 Å². The molecule has 1 aromatic rings. The zero-order chi connectivity index (χ0) is 17.5. The van der Waals surface area contributed by atoms with Crippen LogP contribution in [0.1, 0.15) is 43.2 Å². The van der Waals surface area contributed by atoms with Crippen LogP contribution in [0.3, 0.4) is 0 Å². The van der Waals surface area contributed by atoms with Gasteiger partial charge in [-0.3, -0.25) is 4.79 Å². The molecule has 1 fully saturated rings. The molecule has 4 atom stereocenters. The lowest BCUT2D eigenvalue weighted by atomic mass is 9.52. The SMILES string of the molecule is C#C[C@@]1(O)[C@H]2CCc3cc(OC)ccc3[C@@H]2CC[C@@]1(C)C(=O)OC. The van der Waals surface area contributed by atoms with Gasteiger partial charge in [-0.2, -0.15) is 0 Å². The van der Waals surface area contributed by atoms with Crippen LogP contribution in [-0.2, 0) is 16.0 Å². The molecule has 0 saturated heterocycles. The molecule has 24 heavy (non-hydrogen) atoms. The molecule has 128 valence electrons. The van der Waals surface area contributed by atoms with Gasteiger partial charge in [0.2, 0.25) is 0 Å². The Hall–Kier alpha value is -1.99. The number of rotatable bonds is 2. The van der Waals surface area contributed by atoms with Crippen LogP contribution < -0.4 is 4.74 Å².